The molecular formula is C23H24N2O6S2. The predicted molar refractivity (Wildman–Crippen MR) is 127 cm³/mol. The third-order valence-electron chi connectivity index (χ3n) is 4.89. The van der Waals surface area contributed by atoms with Crippen LogP contribution in [0.15, 0.2) is 47.8 Å². The van der Waals surface area contributed by atoms with E-state index in [1.54, 1.807) is 25.4 Å². The quantitative estimate of drug-likeness (QED) is 0.200. The smallest absolute Gasteiger partial charge is 0.337 e. The van der Waals surface area contributed by atoms with Crippen LogP contribution in [0.2, 0.25) is 0 Å². The molecule has 1 aromatic heterocycles. The molecule has 174 valence electrons. The summed E-state index contributed by atoms with van der Waals surface area (Å²) in [7, 11) is -0.765. The molecule has 3 rings (SSSR count). The van der Waals surface area contributed by atoms with Gasteiger partial charge in [0.05, 0.1) is 31.7 Å². The van der Waals surface area contributed by atoms with Crippen molar-refractivity contribution in [3.63, 3.8) is 0 Å². The Kier molecular flexibility index (Phi) is 7.72. The van der Waals surface area contributed by atoms with Crippen LogP contribution in [-0.4, -0.2) is 51.1 Å². The summed E-state index contributed by atoms with van der Waals surface area (Å²) in [6.45, 7) is 1.68. The maximum Gasteiger partial charge on any atom is 0.337 e. The van der Waals surface area contributed by atoms with Crippen LogP contribution in [0.1, 0.15) is 21.6 Å². The molecule has 0 saturated carbocycles. The molecule has 0 amide bonds. The van der Waals surface area contributed by atoms with Crippen LogP contribution in [0.5, 0.6) is 5.75 Å². The number of carbonyl (C=O) groups excluding carboxylic acids is 1. The Hall–Kier alpha value is -2.95. The number of rotatable bonds is 8. The molecule has 0 N–H and O–H groups in total. The van der Waals surface area contributed by atoms with Gasteiger partial charge < -0.3 is 9.47 Å². The molecule has 0 atom stereocenters. The Labute approximate surface area is 197 Å². The second-order valence-electron chi connectivity index (χ2n) is 7.12. The predicted octanol–water partition coefficient (Wildman–Crippen LogP) is 4.11. The van der Waals surface area contributed by atoms with Gasteiger partial charge in [-0.3, -0.25) is 4.18 Å². The lowest BCUT2D eigenvalue weighted by Gasteiger charge is -2.15. The number of aromatic nitrogens is 2. The van der Waals surface area contributed by atoms with E-state index < -0.39 is 16.1 Å². The lowest BCUT2D eigenvalue weighted by atomic mass is 9.94. The lowest BCUT2D eigenvalue weighted by Crippen LogP contribution is -2.07. The molecule has 3 aromatic rings. The van der Waals surface area contributed by atoms with Gasteiger partial charge in [0.25, 0.3) is 10.1 Å². The van der Waals surface area contributed by atoms with E-state index in [9.17, 15) is 13.2 Å². The van der Waals surface area contributed by atoms with Gasteiger partial charge in [0.15, 0.2) is 5.16 Å². The summed E-state index contributed by atoms with van der Waals surface area (Å²) in [5.41, 5.74) is 4.86. The van der Waals surface area contributed by atoms with Crippen molar-refractivity contribution in [3.8, 4) is 28.0 Å². The summed E-state index contributed by atoms with van der Waals surface area (Å²) in [6, 6.07) is 11.0. The third kappa shape index (κ3) is 5.89. The summed E-state index contributed by atoms with van der Waals surface area (Å²) in [4.78, 5) is 20.7. The summed E-state index contributed by atoms with van der Waals surface area (Å²) in [5.74, 6) is 0.172. The second-order valence-corrected chi connectivity index (χ2v) is 9.54. The number of esters is 1. The summed E-state index contributed by atoms with van der Waals surface area (Å²) < 4.78 is 38.5. The highest BCUT2D eigenvalue weighted by Crippen LogP contribution is 2.37. The largest absolute Gasteiger partial charge is 0.496 e. The van der Waals surface area contributed by atoms with Crippen molar-refractivity contribution in [3.05, 3.63) is 59.4 Å². The Morgan fingerprint density at radius 3 is 2.42 bits per heavy atom. The molecule has 0 aliphatic heterocycles. The molecule has 0 aliphatic carbocycles. The van der Waals surface area contributed by atoms with Gasteiger partial charge in [-0.1, -0.05) is 23.9 Å². The average Bonchev–Trinajstić information content (AvgIpc) is 2.81. The monoisotopic (exact) mass is 488 g/mol. The van der Waals surface area contributed by atoms with E-state index in [4.69, 9.17) is 13.7 Å². The highest BCUT2D eigenvalue weighted by Gasteiger charge is 2.18. The van der Waals surface area contributed by atoms with Gasteiger partial charge in [0.1, 0.15) is 12.4 Å². The summed E-state index contributed by atoms with van der Waals surface area (Å²) in [6.07, 6.45) is 4.46. The zero-order valence-electron chi connectivity index (χ0n) is 18.9. The van der Waals surface area contributed by atoms with Gasteiger partial charge in [0, 0.05) is 17.3 Å². The molecule has 0 bridgehead atoms. The Bertz CT molecular complexity index is 1290. The standard InChI is InChI=1S/C23H24N2O6S2/c1-14-10-16(22(26)30-3)6-8-17(14)15-7-9-21(29-2)18(11-15)19-12-24-23(32-4)25-20(19)13-31-33(5,27)28/h6-12H,13H2,1-5H3. The Balaban J connectivity index is 2.13. The SMILES string of the molecule is COC(=O)c1ccc(-c2ccc(OC)c(-c3cnc(SC)nc3COS(C)(=O)=O)c2)c(C)c1. The van der Waals surface area contributed by atoms with Crippen LogP contribution >= 0.6 is 11.8 Å². The van der Waals surface area contributed by atoms with Gasteiger partial charge in [0.2, 0.25) is 0 Å². The first-order valence-corrected chi connectivity index (χ1v) is 12.8. The van der Waals surface area contributed by atoms with Crippen molar-refractivity contribution in [2.75, 3.05) is 26.7 Å². The topological polar surface area (TPSA) is 105 Å². The van der Waals surface area contributed by atoms with E-state index in [0.717, 1.165) is 22.9 Å². The number of nitrogens with zero attached hydrogens (tertiary/aromatic N) is 2. The van der Waals surface area contributed by atoms with E-state index in [-0.39, 0.29) is 6.61 Å². The van der Waals surface area contributed by atoms with Gasteiger partial charge in [-0.2, -0.15) is 8.42 Å². The van der Waals surface area contributed by atoms with Crippen LogP contribution < -0.4 is 4.74 Å². The normalized spacial score (nSPS) is 11.3. The average molecular weight is 489 g/mol. The minimum absolute atomic E-state index is 0.232. The number of methoxy groups -OCH3 is 2. The third-order valence-corrected chi connectivity index (χ3v) is 5.99. The summed E-state index contributed by atoms with van der Waals surface area (Å²) >= 11 is 1.34. The Morgan fingerprint density at radius 2 is 1.82 bits per heavy atom. The molecule has 2 aromatic carbocycles. The number of thioether (sulfide) groups is 1. The summed E-state index contributed by atoms with van der Waals surface area (Å²) in [5, 5.41) is 0.496. The lowest BCUT2D eigenvalue weighted by molar-refractivity contribution is 0.0600. The van der Waals surface area contributed by atoms with E-state index in [1.165, 1.54) is 18.9 Å². The fraction of sp³-hybridized carbons (Fsp3) is 0.261. The molecule has 10 heteroatoms. The van der Waals surface area contributed by atoms with Crippen molar-refractivity contribution in [2.45, 2.75) is 18.7 Å². The van der Waals surface area contributed by atoms with Crippen LogP contribution in [0.3, 0.4) is 0 Å². The Morgan fingerprint density at radius 1 is 1.06 bits per heavy atom. The minimum atomic E-state index is -3.66. The molecular weight excluding hydrogens is 464 g/mol. The number of carbonyl (C=O) groups is 1. The zero-order valence-corrected chi connectivity index (χ0v) is 20.5. The van der Waals surface area contributed by atoms with E-state index in [0.29, 0.717) is 33.3 Å². The highest BCUT2D eigenvalue weighted by atomic mass is 32.2. The van der Waals surface area contributed by atoms with Crippen molar-refractivity contribution in [1.29, 1.82) is 0 Å². The first-order valence-electron chi connectivity index (χ1n) is 9.79. The van der Waals surface area contributed by atoms with Crippen molar-refractivity contribution in [2.24, 2.45) is 0 Å². The molecule has 0 spiro atoms. The van der Waals surface area contributed by atoms with Crippen molar-refractivity contribution >= 4 is 27.8 Å². The molecule has 0 fully saturated rings. The van der Waals surface area contributed by atoms with E-state index in [1.807, 2.05) is 37.4 Å². The van der Waals surface area contributed by atoms with E-state index in [2.05, 4.69) is 9.97 Å². The molecule has 1 heterocycles. The van der Waals surface area contributed by atoms with E-state index >= 15 is 0 Å². The van der Waals surface area contributed by atoms with Gasteiger partial charge in [-0.05, 0) is 54.1 Å². The maximum absolute atomic E-state index is 11.8. The van der Waals surface area contributed by atoms with Gasteiger partial charge >= 0.3 is 5.97 Å². The van der Waals surface area contributed by atoms with Crippen LogP contribution in [0.4, 0.5) is 0 Å². The molecule has 0 aliphatic rings. The molecule has 0 radical (unpaired) electrons. The number of benzene rings is 2. The number of hydrogen-bond donors (Lipinski definition) is 0. The molecule has 0 unspecified atom stereocenters. The molecule has 0 saturated heterocycles. The van der Waals surface area contributed by atoms with Crippen molar-refractivity contribution < 1.29 is 26.9 Å². The fourth-order valence-corrected chi connectivity index (χ4v) is 4.00. The minimum Gasteiger partial charge on any atom is -0.496 e. The van der Waals surface area contributed by atoms with Gasteiger partial charge in [-0.15, -0.1) is 0 Å². The van der Waals surface area contributed by atoms with Gasteiger partial charge in [-0.25, -0.2) is 14.8 Å². The maximum atomic E-state index is 11.8. The zero-order chi connectivity index (χ0) is 24.2. The van der Waals surface area contributed by atoms with Crippen LogP contribution in [0.25, 0.3) is 22.3 Å². The first kappa shape index (κ1) is 24.7. The molecule has 33 heavy (non-hydrogen) atoms. The number of hydrogen-bond acceptors (Lipinski definition) is 9. The van der Waals surface area contributed by atoms with Crippen molar-refractivity contribution in [1.82, 2.24) is 9.97 Å². The fourth-order valence-electron chi connectivity index (χ4n) is 3.31. The highest BCUT2D eigenvalue weighted by molar-refractivity contribution is 7.98. The second kappa shape index (κ2) is 10.3. The number of ether oxygens (including phenoxy) is 2. The van der Waals surface area contributed by atoms with Crippen LogP contribution in [-0.2, 0) is 25.6 Å². The molecule has 8 nitrogen and oxygen atoms in total. The first-order chi connectivity index (χ1) is 15.7. The van der Waals surface area contributed by atoms with Crippen LogP contribution in [0, 0.1) is 6.92 Å². The number of aryl methyl sites for hydroxylation is 1.